The number of benzene rings is 1. The molecular weight excluding hydrogens is 340 g/mol. The van der Waals surface area contributed by atoms with Gasteiger partial charge in [-0.15, -0.1) is 0 Å². The molecule has 142 valence electrons. The summed E-state index contributed by atoms with van der Waals surface area (Å²) in [6.45, 7) is 5.62. The largest absolute Gasteiger partial charge is 0.353 e. The summed E-state index contributed by atoms with van der Waals surface area (Å²) in [5.41, 5.74) is 1.20. The van der Waals surface area contributed by atoms with Gasteiger partial charge in [-0.3, -0.25) is 9.59 Å². The molecule has 0 saturated carbocycles. The summed E-state index contributed by atoms with van der Waals surface area (Å²) in [6, 6.07) is 12.8. The quantitative estimate of drug-likeness (QED) is 0.798. The Morgan fingerprint density at radius 3 is 2.33 bits per heavy atom. The number of pyridine rings is 1. The van der Waals surface area contributed by atoms with Crippen LogP contribution < -0.4 is 10.2 Å². The van der Waals surface area contributed by atoms with Crippen molar-refractivity contribution in [2.45, 2.75) is 19.8 Å². The molecule has 0 aliphatic carbocycles. The molecular formula is C21H26N4O2. The highest BCUT2D eigenvalue weighted by atomic mass is 16.2. The highest BCUT2D eigenvalue weighted by Gasteiger charge is 2.22. The molecule has 1 aliphatic heterocycles. The molecule has 2 aromatic rings. The molecule has 1 aliphatic rings. The van der Waals surface area contributed by atoms with Gasteiger partial charge < -0.3 is 15.1 Å². The van der Waals surface area contributed by atoms with E-state index in [9.17, 15) is 9.59 Å². The average Bonchev–Trinajstić information content (AvgIpc) is 2.74. The molecule has 0 radical (unpaired) electrons. The highest BCUT2D eigenvalue weighted by Crippen LogP contribution is 2.15. The molecule has 27 heavy (non-hydrogen) atoms. The third-order valence-corrected chi connectivity index (χ3v) is 4.75. The number of hydrogen-bond acceptors (Lipinski definition) is 4. The van der Waals surface area contributed by atoms with Crippen LogP contribution in [0.2, 0.25) is 0 Å². The van der Waals surface area contributed by atoms with Crippen molar-refractivity contribution in [1.29, 1.82) is 0 Å². The van der Waals surface area contributed by atoms with Gasteiger partial charge in [0.05, 0.1) is 0 Å². The van der Waals surface area contributed by atoms with E-state index in [2.05, 4.69) is 22.1 Å². The molecule has 0 bridgehead atoms. The molecule has 1 aromatic carbocycles. The number of hydrogen-bond donors (Lipinski definition) is 1. The third kappa shape index (κ3) is 4.84. The van der Waals surface area contributed by atoms with Gasteiger partial charge in [-0.1, -0.05) is 19.4 Å². The van der Waals surface area contributed by atoms with Crippen LogP contribution in [0.1, 0.15) is 40.5 Å². The van der Waals surface area contributed by atoms with Crippen LogP contribution in [0.4, 0.5) is 5.82 Å². The fourth-order valence-electron chi connectivity index (χ4n) is 3.11. The third-order valence-electron chi connectivity index (χ3n) is 4.75. The van der Waals surface area contributed by atoms with Crippen molar-refractivity contribution in [2.24, 2.45) is 0 Å². The topological polar surface area (TPSA) is 65.5 Å². The Kier molecular flexibility index (Phi) is 6.41. The van der Waals surface area contributed by atoms with Crippen molar-refractivity contribution in [2.75, 3.05) is 37.6 Å². The van der Waals surface area contributed by atoms with Crippen molar-refractivity contribution >= 4 is 17.6 Å². The number of anilines is 1. The van der Waals surface area contributed by atoms with Gasteiger partial charge in [-0.25, -0.2) is 4.98 Å². The first kappa shape index (κ1) is 18.9. The van der Waals surface area contributed by atoms with E-state index in [4.69, 9.17) is 0 Å². The van der Waals surface area contributed by atoms with Crippen molar-refractivity contribution in [3.8, 4) is 0 Å². The standard InChI is InChI=1S/C21H26N4O2/c1-2-3-11-23-20(26)17-7-9-18(10-8-17)21(27)25-15-13-24(14-16-25)19-6-4-5-12-22-19/h4-10,12H,2-3,11,13-16H2,1H3,(H,23,26). The molecule has 1 aromatic heterocycles. The number of piperazine rings is 1. The summed E-state index contributed by atoms with van der Waals surface area (Å²) in [4.78, 5) is 33.2. The fraction of sp³-hybridized carbons (Fsp3) is 0.381. The summed E-state index contributed by atoms with van der Waals surface area (Å²) < 4.78 is 0. The molecule has 2 amide bonds. The van der Waals surface area contributed by atoms with Crippen LogP contribution in [-0.2, 0) is 0 Å². The van der Waals surface area contributed by atoms with Gasteiger partial charge >= 0.3 is 0 Å². The Morgan fingerprint density at radius 1 is 1.00 bits per heavy atom. The summed E-state index contributed by atoms with van der Waals surface area (Å²) in [5, 5.41) is 2.89. The number of unbranched alkanes of at least 4 members (excludes halogenated alkanes) is 1. The maximum Gasteiger partial charge on any atom is 0.253 e. The molecule has 1 fully saturated rings. The predicted molar refractivity (Wildman–Crippen MR) is 106 cm³/mol. The van der Waals surface area contributed by atoms with Gasteiger partial charge in [-0.2, -0.15) is 0 Å². The smallest absolute Gasteiger partial charge is 0.253 e. The van der Waals surface area contributed by atoms with Crippen molar-refractivity contribution < 1.29 is 9.59 Å². The lowest BCUT2D eigenvalue weighted by Crippen LogP contribution is -2.49. The maximum atomic E-state index is 12.7. The second-order valence-electron chi connectivity index (χ2n) is 6.65. The SMILES string of the molecule is CCCCNC(=O)c1ccc(C(=O)N2CCN(c3ccccn3)CC2)cc1. The molecule has 1 saturated heterocycles. The van der Waals surface area contributed by atoms with Crippen LogP contribution in [0, 0.1) is 0 Å². The lowest BCUT2D eigenvalue weighted by molar-refractivity contribution is 0.0746. The fourth-order valence-corrected chi connectivity index (χ4v) is 3.11. The zero-order valence-electron chi connectivity index (χ0n) is 15.7. The minimum Gasteiger partial charge on any atom is -0.353 e. The first-order valence-corrected chi connectivity index (χ1v) is 9.52. The normalized spacial score (nSPS) is 14.1. The number of nitrogens with zero attached hydrogens (tertiary/aromatic N) is 3. The zero-order chi connectivity index (χ0) is 19.1. The molecule has 0 unspecified atom stereocenters. The average molecular weight is 366 g/mol. The second kappa shape index (κ2) is 9.16. The summed E-state index contributed by atoms with van der Waals surface area (Å²) in [6.07, 6.45) is 3.79. The minimum absolute atomic E-state index is 0.00797. The van der Waals surface area contributed by atoms with E-state index in [1.54, 1.807) is 30.5 Å². The number of rotatable bonds is 6. The van der Waals surface area contributed by atoms with Gasteiger partial charge in [0.2, 0.25) is 0 Å². The Bertz CT molecular complexity index is 754. The molecule has 3 rings (SSSR count). The minimum atomic E-state index is -0.0913. The molecule has 0 atom stereocenters. The van der Waals surface area contributed by atoms with Crippen LogP contribution in [0.5, 0.6) is 0 Å². The molecule has 1 N–H and O–H groups in total. The number of carbonyl (C=O) groups is 2. The van der Waals surface area contributed by atoms with Gasteiger partial charge in [0.1, 0.15) is 5.82 Å². The van der Waals surface area contributed by atoms with Gasteiger partial charge in [0.15, 0.2) is 0 Å². The van der Waals surface area contributed by atoms with E-state index in [0.29, 0.717) is 30.8 Å². The molecule has 2 heterocycles. The summed E-state index contributed by atoms with van der Waals surface area (Å²) in [5.74, 6) is 0.864. The van der Waals surface area contributed by atoms with Crippen LogP contribution in [0.25, 0.3) is 0 Å². The molecule has 6 nitrogen and oxygen atoms in total. The van der Waals surface area contributed by atoms with E-state index in [1.165, 1.54) is 0 Å². The Balaban J connectivity index is 1.54. The molecule has 0 spiro atoms. The zero-order valence-corrected chi connectivity index (χ0v) is 15.7. The number of nitrogens with one attached hydrogen (secondary N) is 1. The van der Waals surface area contributed by atoms with Gasteiger partial charge in [0.25, 0.3) is 11.8 Å². The van der Waals surface area contributed by atoms with Crippen LogP contribution in [0.15, 0.2) is 48.7 Å². The first-order chi connectivity index (χ1) is 13.2. The van der Waals surface area contributed by atoms with Crippen molar-refractivity contribution in [3.63, 3.8) is 0 Å². The van der Waals surface area contributed by atoms with E-state index < -0.39 is 0 Å². The van der Waals surface area contributed by atoms with E-state index >= 15 is 0 Å². The van der Waals surface area contributed by atoms with Crippen LogP contribution >= 0.6 is 0 Å². The van der Waals surface area contributed by atoms with Crippen LogP contribution in [-0.4, -0.2) is 54.4 Å². The van der Waals surface area contributed by atoms with E-state index in [-0.39, 0.29) is 11.8 Å². The molecule has 6 heteroatoms. The van der Waals surface area contributed by atoms with Gasteiger partial charge in [0, 0.05) is 50.0 Å². The monoisotopic (exact) mass is 366 g/mol. The summed E-state index contributed by atoms with van der Waals surface area (Å²) in [7, 11) is 0. The lowest BCUT2D eigenvalue weighted by Gasteiger charge is -2.35. The predicted octanol–water partition coefficient (Wildman–Crippen LogP) is 2.57. The summed E-state index contributed by atoms with van der Waals surface area (Å²) >= 11 is 0. The lowest BCUT2D eigenvalue weighted by atomic mass is 10.1. The van der Waals surface area contributed by atoms with Crippen molar-refractivity contribution in [1.82, 2.24) is 15.2 Å². The Hall–Kier alpha value is -2.89. The van der Waals surface area contributed by atoms with Gasteiger partial charge in [-0.05, 0) is 42.8 Å². The Labute approximate surface area is 160 Å². The van der Waals surface area contributed by atoms with Crippen molar-refractivity contribution in [3.05, 3.63) is 59.8 Å². The first-order valence-electron chi connectivity index (χ1n) is 9.52. The second-order valence-corrected chi connectivity index (χ2v) is 6.65. The van der Waals surface area contributed by atoms with E-state index in [0.717, 1.165) is 31.7 Å². The highest BCUT2D eigenvalue weighted by molar-refractivity contribution is 5.97. The number of amides is 2. The maximum absolute atomic E-state index is 12.7. The van der Waals surface area contributed by atoms with Crippen LogP contribution in [0.3, 0.4) is 0 Å². The number of aromatic nitrogens is 1. The number of carbonyl (C=O) groups excluding carboxylic acids is 2. The van der Waals surface area contributed by atoms with E-state index in [1.807, 2.05) is 23.1 Å². The Morgan fingerprint density at radius 2 is 1.70 bits per heavy atom.